The van der Waals surface area contributed by atoms with Crippen molar-refractivity contribution in [1.29, 1.82) is 0 Å². The summed E-state index contributed by atoms with van der Waals surface area (Å²) in [7, 11) is 0. The molecule has 33 heavy (non-hydrogen) atoms. The van der Waals surface area contributed by atoms with Crippen LogP contribution in [0.1, 0.15) is 42.5 Å². The molecule has 0 radical (unpaired) electrons. The van der Waals surface area contributed by atoms with Gasteiger partial charge >= 0.3 is 12.1 Å². The van der Waals surface area contributed by atoms with Crippen molar-refractivity contribution in [3.05, 3.63) is 63.3 Å². The molecule has 1 amide bonds. The Morgan fingerprint density at radius 1 is 1.27 bits per heavy atom. The number of benzene rings is 1. The quantitative estimate of drug-likeness (QED) is 0.572. The first-order valence-corrected chi connectivity index (χ1v) is 10.1. The molecule has 4 rings (SSSR count). The van der Waals surface area contributed by atoms with Crippen LogP contribution in [0.4, 0.5) is 13.2 Å². The molecular weight excluding hydrogens is 465 g/mol. The van der Waals surface area contributed by atoms with Crippen LogP contribution in [0.3, 0.4) is 0 Å². The van der Waals surface area contributed by atoms with Gasteiger partial charge in [-0.15, -0.1) is 0 Å². The molecule has 174 valence electrons. The van der Waals surface area contributed by atoms with E-state index in [9.17, 15) is 22.8 Å². The zero-order valence-electron chi connectivity index (χ0n) is 17.4. The van der Waals surface area contributed by atoms with Gasteiger partial charge in [-0.3, -0.25) is 9.59 Å². The van der Waals surface area contributed by atoms with E-state index in [0.29, 0.717) is 45.5 Å². The molecule has 0 spiro atoms. The molecule has 3 heterocycles. The number of carbonyl (C=O) groups excluding carboxylic acids is 1. The summed E-state index contributed by atoms with van der Waals surface area (Å²) in [5.74, 6) is -1.93. The van der Waals surface area contributed by atoms with Gasteiger partial charge in [0.05, 0.1) is 22.5 Å². The summed E-state index contributed by atoms with van der Waals surface area (Å²) >= 11 is 6.08. The number of fused-ring (bicyclic) bond motifs is 4. The topological polar surface area (TPSA) is 114 Å². The van der Waals surface area contributed by atoms with Gasteiger partial charge in [-0.25, -0.2) is 19.3 Å². The number of hydrogen-bond acceptors (Lipinski definition) is 5. The SMILES string of the molecule is CC(C)CC1NC(=O)c2cccnc2-n2c1nc1cc(Cl)ccc1c2=O.O=C(O)C(F)(F)F. The summed E-state index contributed by atoms with van der Waals surface area (Å²) in [6, 6.07) is 7.92. The number of nitrogens with one attached hydrogen (secondary N) is 1. The zero-order chi connectivity index (χ0) is 24.5. The maximum absolute atomic E-state index is 13.2. The first kappa shape index (κ1) is 24.2. The lowest BCUT2D eigenvalue weighted by Crippen LogP contribution is -2.31. The molecule has 2 aromatic heterocycles. The Morgan fingerprint density at radius 2 is 1.94 bits per heavy atom. The predicted molar refractivity (Wildman–Crippen MR) is 113 cm³/mol. The van der Waals surface area contributed by atoms with E-state index in [1.165, 1.54) is 4.57 Å². The van der Waals surface area contributed by atoms with E-state index in [1.807, 2.05) is 0 Å². The van der Waals surface area contributed by atoms with Crippen LogP contribution >= 0.6 is 11.6 Å². The Hall–Kier alpha value is -3.47. The Bertz CT molecular complexity index is 1290. The summed E-state index contributed by atoms with van der Waals surface area (Å²) in [6.45, 7) is 4.12. The Kier molecular flexibility index (Phi) is 6.73. The lowest BCUT2D eigenvalue weighted by atomic mass is 10.0. The number of carboxylic acids is 1. The monoisotopic (exact) mass is 482 g/mol. The largest absolute Gasteiger partial charge is 0.490 e. The minimum Gasteiger partial charge on any atom is -0.475 e. The molecule has 2 N–H and O–H groups in total. The summed E-state index contributed by atoms with van der Waals surface area (Å²) in [5.41, 5.74) is 0.611. The molecule has 1 atom stereocenters. The van der Waals surface area contributed by atoms with Crippen molar-refractivity contribution >= 4 is 34.4 Å². The van der Waals surface area contributed by atoms with E-state index < -0.39 is 18.2 Å². The van der Waals surface area contributed by atoms with Crippen LogP contribution in [0.15, 0.2) is 41.3 Å². The van der Waals surface area contributed by atoms with Gasteiger partial charge in [0.25, 0.3) is 11.5 Å². The van der Waals surface area contributed by atoms with Gasteiger partial charge in [-0.2, -0.15) is 13.2 Å². The van der Waals surface area contributed by atoms with Gasteiger partial charge < -0.3 is 10.4 Å². The molecule has 1 aliphatic rings. The third kappa shape index (κ3) is 5.14. The Balaban J connectivity index is 0.000000383. The van der Waals surface area contributed by atoms with Gasteiger partial charge in [0.15, 0.2) is 5.82 Å². The second-order valence-electron chi connectivity index (χ2n) is 7.61. The summed E-state index contributed by atoms with van der Waals surface area (Å²) in [4.78, 5) is 43.8. The second kappa shape index (κ2) is 9.18. The average Bonchev–Trinajstić information content (AvgIpc) is 2.82. The number of halogens is 4. The number of carbonyl (C=O) groups is 2. The van der Waals surface area contributed by atoms with Crippen molar-refractivity contribution in [2.45, 2.75) is 32.5 Å². The van der Waals surface area contributed by atoms with E-state index in [1.54, 1.807) is 36.5 Å². The third-order valence-electron chi connectivity index (χ3n) is 4.67. The van der Waals surface area contributed by atoms with Crippen LogP contribution in [-0.4, -0.2) is 37.7 Å². The molecule has 3 aromatic rings. The highest BCUT2D eigenvalue weighted by molar-refractivity contribution is 6.31. The highest BCUT2D eigenvalue weighted by Gasteiger charge is 2.38. The lowest BCUT2D eigenvalue weighted by Gasteiger charge is -2.20. The molecule has 1 aliphatic heterocycles. The molecule has 0 saturated heterocycles. The Morgan fingerprint density at radius 3 is 2.55 bits per heavy atom. The maximum atomic E-state index is 13.2. The van der Waals surface area contributed by atoms with Crippen molar-refractivity contribution in [2.24, 2.45) is 5.92 Å². The van der Waals surface area contributed by atoms with Gasteiger partial charge in [-0.05, 0) is 42.7 Å². The minimum atomic E-state index is -5.08. The maximum Gasteiger partial charge on any atom is 0.490 e. The molecule has 0 saturated carbocycles. The molecule has 0 bridgehead atoms. The van der Waals surface area contributed by atoms with Gasteiger partial charge in [-0.1, -0.05) is 25.4 Å². The highest BCUT2D eigenvalue weighted by Crippen LogP contribution is 2.28. The molecule has 1 aromatic carbocycles. The fourth-order valence-electron chi connectivity index (χ4n) is 3.30. The number of pyridine rings is 1. The third-order valence-corrected chi connectivity index (χ3v) is 4.90. The number of aliphatic carboxylic acids is 1. The van der Waals surface area contributed by atoms with Crippen molar-refractivity contribution in [2.75, 3.05) is 0 Å². The number of nitrogens with zero attached hydrogens (tertiary/aromatic N) is 3. The lowest BCUT2D eigenvalue weighted by molar-refractivity contribution is -0.192. The van der Waals surface area contributed by atoms with Crippen molar-refractivity contribution in [3.8, 4) is 5.82 Å². The predicted octanol–water partition coefficient (Wildman–Crippen LogP) is 3.90. The Labute approximate surface area is 190 Å². The number of amides is 1. The van der Waals surface area contributed by atoms with Gasteiger partial charge in [0.1, 0.15) is 5.82 Å². The molecule has 1 unspecified atom stereocenters. The van der Waals surface area contributed by atoms with Gasteiger partial charge in [0.2, 0.25) is 0 Å². The molecule has 0 fully saturated rings. The average molecular weight is 483 g/mol. The molecule has 8 nitrogen and oxygen atoms in total. The normalized spacial score (nSPS) is 15.1. The molecular formula is C21H18ClF3N4O4. The fourth-order valence-corrected chi connectivity index (χ4v) is 3.47. The summed E-state index contributed by atoms with van der Waals surface area (Å²) < 4.78 is 33.2. The van der Waals surface area contributed by atoms with Crippen molar-refractivity contribution < 1.29 is 27.9 Å². The zero-order valence-corrected chi connectivity index (χ0v) is 18.1. The van der Waals surface area contributed by atoms with Crippen LogP contribution in [-0.2, 0) is 4.79 Å². The van der Waals surface area contributed by atoms with Gasteiger partial charge in [0, 0.05) is 11.2 Å². The van der Waals surface area contributed by atoms with Crippen molar-refractivity contribution in [3.63, 3.8) is 0 Å². The number of alkyl halides is 3. The molecule has 12 heteroatoms. The second-order valence-corrected chi connectivity index (χ2v) is 8.04. The van der Waals surface area contributed by atoms with E-state index in [0.717, 1.165) is 0 Å². The van der Waals surface area contributed by atoms with Crippen LogP contribution in [0.2, 0.25) is 5.02 Å². The first-order valence-electron chi connectivity index (χ1n) is 9.68. The summed E-state index contributed by atoms with van der Waals surface area (Å²) in [6.07, 6.45) is -2.87. The van der Waals surface area contributed by atoms with E-state index >= 15 is 0 Å². The molecule has 0 aliphatic carbocycles. The van der Waals surface area contributed by atoms with E-state index in [2.05, 4.69) is 29.1 Å². The van der Waals surface area contributed by atoms with E-state index in [4.69, 9.17) is 21.5 Å². The van der Waals surface area contributed by atoms with Crippen LogP contribution in [0.25, 0.3) is 16.7 Å². The number of rotatable bonds is 2. The van der Waals surface area contributed by atoms with E-state index in [-0.39, 0.29) is 11.5 Å². The number of carboxylic acid groups (broad SMARTS) is 1. The van der Waals surface area contributed by atoms with Crippen LogP contribution < -0.4 is 10.9 Å². The number of hydrogen-bond donors (Lipinski definition) is 2. The minimum absolute atomic E-state index is 0.258. The fraction of sp³-hybridized carbons (Fsp3) is 0.286. The van der Waals surface area contributed by atoms with Crippen LogP contribution in [0.5, 0.6) is 0 Å². The first-order chi connectivity index (χ1) is 15.4. The number of aromatic nitrogens is 3. The highest BCUT2D eigenvalue weighted by atomic mass is 35.5. The smallest absolute Gasteiger partial charge is 0.475 e. The van der Waals surface area contributed by atoms with Crippen molar-refractivity contribution in [1.82, 2.24) is 19.9 Å². The standard InChI is InChI=1S/C19H17ClN4O2.C2HF3O2/c1-10(2)8-15-17-22-14-9-11(20)5-6-12(14)19(26)24(17)16-13(18(25)23-15)4-3-7-21-16;3-2(4,5)1(6)7/h3-7,9-10,15H,8H2,1-2H3,(H,23,25);(H,6,7). The summed E-state index contributed by atoms with van der Waals surface area (Å²) in [5, 5.41) is 11.1. The van der Waals surface area contributed by atoms with Crippen LogP contribution in [0, 0.1) is 5.92 Å².